The molecule has 0 bridgehead atoms. The van der Waals surface area contributed by atoms with Crippen LogP contribution in [0.4, 0.5) is 0 Å². The van der Waals surface area contributed by atoms with Gasteiger partial charge >= 0.3 is 5.97 Å². The number of hydrogen-bond acceptors (Lipinski definition) is 5. The van der Waals surface area contributed by atoms with Crippen LogP contribution < -0.4 is 5.73 Å². The van der Waals surface area contributed by atoms with Crippen molar-refractivity contribution in [1.29, 1.82) is 0 Å². The molecule has 1 rings (SSSR count). The van der Waals surface area contributed by atoms with E-state index in [1.807, 2.05) is 18.5 Å². The van der Waals surface area contributed by atoms with E-state index in [2.05, 4.69) is 10.2 Å². The van der Waals surface area contributed by atoms with Crippen molar-refractivity contribution >= 4 is 17.7 Å². The first-order chi connectivity index (χ1) is 7.84. The van der Waals surface area contributed by atoms with Crippen molar-refractivity contribution in [2.45, 2.75) is 37.4 Å². The van der Waals surface area contributed by atoms with Gasteiger partial charge in [0.05, 0.1) is 0 Å². The quantitative estimate of drug-likeness (QED) is 0.579. The molecule has 1 aromatic heterocycles. The van der Waals surface area contributed by atoms with Gasteiger partial charge in [-0.3, -0.25) is 4.79 Å². The molecule has 0 radical (unpaired) electrons. The van der Waals surface area contributed by atoms with Gasteiger partial charge in [-0.25, -0.2) is 0 Å². The number of aromatic nitrogens is 3. The second-order valence-corrected chi connectivity index (χ2v) is 5.33. The van der Waals surface area contributed by atoms with Crippen LogP contribution in [0.15, 0.2) is 5.16 Å². The highest BCUT2D eigenvalue weighted by molar-refractivity contribution is 7.99. The zero-order valence-electron chi connectivity index (χ0n) is 10.3. The Bertz CT molecular complexity index is 403. The molecule has 0 saturated carbocycles. The van der Waals surface area contributed by atoms with Gasteiger partial charge in [-0.2, -0.15) is 0 Å². The summed E-state index contributed by atoms with van der Waals surface area (Å²) in [5.41, 5.74) is 4.49. The lowest BCUT2D eigenvalue weighted by molar-refractivity contribution is -0.142. The van der Waals surface area contributed by atoms with Crippen LogP contribution in [0.25, 0.3) is 0 Å². The number of thioether (sulfide) groups is 1. The number of nitrogens with two attached hydrogens (primary N) is 1. The van der Waals surface area contributed by atoms with Crippen molar-refractivity contribution in [2.75, 3.05) is 5.75 Å². The van der Waals surface area contributed by atoms with E-state index in [9.17, 15) is 4.79 Å². The Morgan fingerprint density at radius 3 is 2.71 bits per heavy atom. The predicted molar refractivity (Wildman–Crippen MR) is 65.9 cm³/mol. The van der Waals surface area contributed by atoms with Crippen LogP contribution >= 0.6 is 11.8 Å². The van der Waals surface area contributed by atoms with Gasteiger partial charge in [0, 0.05) is 12.8 Å². The smallest absolute Gasteiger partial charge is 0.323 e. The van der Waals surface area contributed by atoms with Crippen LogP contribution in [0, 0.1) is 6.92 Å². The standard InChI is InChI=1S/C10H18N4O2S/c1-7-12-13-9(14(7)3)17-6-4-5-10(2,11)8(15)16/h4-6,11H2,1-3H3,(H,15,16). The summed E-state index contributed by atoms with van der Waals surface area (Å²) in [6.45, 7) is 3.42. The molecule has 0 saturated heterocycles. The van der Waals surface area contributed by atoms with Crippen LogP contribution in [0.3, 0.4) is 0 Å². The predicted octanol–water partition coefficient (Wildman–Crippen LogP) is 0.798. The van der Waals surface area contributed by atoms with Crippen molar-refractivity contribution in [2.24, 2.45) is 12.8 Å². The van der Waals surface area contributed by atoms with Gasteiger partial charge in [-0.15, -0.1) is 10.2 Å². The van der Waals surface area contributed by atoms with Gasteiger partial charge in [0.15, 0.2) is 5.16 Å². The minimum atomic E-state index is -1.14. The van der Waals surface area contributed by atoms with Gasteiger partial charge in [0.1, 0.15) is 11.4 Å². The lowest BCUT2D eigenvalue weighted by Gasteiger charge is -2.18. The maximum atomic E-state index is 10.8. The molecule has 7 heteroatoms. The Kier molecular flexibility index (Phi) is 4.53. The van der Waals surface area contributed by atoms with E-state index in [1.54, 1.807) is 11.8 Å². The average molecular weight is 258 g/mol. The number of hydrogen-bond donors (Lipinski definition) is 2. The number of aliphatic carboxylic acids is 1. The maximum Gasteiger partial charge on any atom is 0.323 e. The van der Waals surface area contributed by atoms with E-state index >= 15 is 0 Å². The van der Waals surface area contributed by atoms with Crippen LogP contribution in [-0.4, -0.2) is 37.1 Å². The Morgan fingerprint density at radius 1 is 1.59 bits per heavy atom. The molecule has 0 spiro atoms. The summed E-state index contributed by atoms with van der Waals surface area (Å²) in [7, 11) is 1.90. The second kappa shape index (κ2) is 5.50. The molecule has 1 unspecified atom stereocenters. The molecule has 0 aliphatic heterocycles. The lowest BCUT2D eigenvalue weighted by atomic mass is 9.98. The maximum absolute atomic E-state index is 10.8. The largest absolute Gasteiger partial charge is 0.480 e. The van der Waals surface area contributed by atoms with Gasteiger partial charge in [0.25, 0.3) is 0 Å². The highest BCUT2D eigenvalue weighted by Crippen LogP contribution is 2.19. The molecule has 0 aromatic carbocycles. The van der Waals surface area contributed by atoms with Crippen LogP contribution in [0.1, 0.15) is 25.6 Å². The Labute approximate surface area is 105 Å². The molecule has 1 heterocycles. The van der Waals surface area contributed by atoms with Crippen molar-refractivity contribution in [1.82, 2.24) is 14.8 Å². The molecule has 0 fully saturated rings. The average Bonchev–Trinajstić information content (AvgIpc) is 2.55. The van der Waals surface area contributed by atoms with Crippen LogP contribution in [0.5, 0.6) is 0 Å². The van der Waals surface area contributed by atoms with E-state index in [1.165, 1.54) is 6.92 Å². The van der Waals surface area contributed by atoms with E-state index in [0.717, 1.165) is 23.2 Å². The highest BCUT2D eigenvalue weighted by atomic mass is 32.2. The minimum Gasteiger partial charge on any atom is -0.480 e. The van der Waals surface area contributed by atoms with E-state index < -0.39 is 11.5 Å². The zero-order valence-corrected chi connectivity index (χ0v) is 11.1. The number of nitrogens with zero attached hydrogens (tertiary/aromatic N) is 3. The first kappa shape index (κ1) is 14.0. The van der Waals surface area contributed by atoms with Gasteiger partial charge in [-0.05, 0) is 26.7 Å². The minimum absolute atomic E-state index is 0.451. The molecular formula is C10H18N4O2S. The zero-order chi connectivity index (χ0) is 13.1. The molecular weight excluding hydrogens is 240 g/mol. The number of aryl methyl sites for hydroxylation is 1. The summed E-state index contributed by atoms with van der Waals surface area (Å²) < 4.78 is 1.91. The topological polar surface area (TPSA) is 94.0 Å². The van der Waals surface area contributed by atoms with Crippen LogP contribution in [-0.2, 0) is 11.8 Å². The molecule has 96 valence electrons. The van der Waals surface area contributed by atoms with Crippen molar-refractivity contribution in [3.8, 4) is 0 Å². The third kappa shape index (κ3) is 3.71. The summed E-state index contributed by atoms with van der Waals surface area (Å²) in [4.78, 5) is 10.8. The van der Waals surface area contributed by atoms with Gasteiger partial charge in [-0.1, -0.05) is 11.8 Å². The third-order valence-electron chi connectivity index (χ3n) is 2.61. The fourth-order valence-electron chi connectivity index (χ4n) is 1.22. The Morgan fingerprint density at radius 2 is 2.24 bits per heavy atom. The molecule has 6 nitrogen and oxygen atoms in total. The fraction of sp³-hybridized carbons (Fsp3) is 0.700. The van der Waals surface area contributed by atoms with E-state index in [-0.39, 0.29) is 0 Å². The molecule has 1 aromatic rings. The normalized spacial score (nSPS) is 14.6. The summed E-state index contributed by atoms with van der Waals surface area (Å²) in [6, 6.07) is 0. The first-order valence-electron chi connectivity index (χ1n) is 5.35. The van der Waals surface area contributed by atoms with Crippen molar-refractivity contribution < 1.29 is 9.90 Å². The lowest BCUT2D eigenvalue weighted by Crippen LogP contribution is -2.44. The molecule has 0 aliphatic carbocycles. The number of carboxylic acid groups (broad SMARTS) is 1. The monoisotopic (exact) mass is 258 g/mol. The molecule has 1 atom stereocenters. The highest BCUT2D eigenvalue weighted by Gasteiger charge is 2.26. The van der Waals surface area contributed by atoms with Gasteiger partial charge < -0.3 is 15.4 Å². The Balaban J connectivity index is 2.34. The number of carboxylic acids is 1. The number of carbonyl (C=O) groups is 1. The molecule has 17 heavy (non-hydrogen) atoms. The second-order valence-electron chi connectivity index (χ2n) is 4.26. The summed E-state index contributed by atoms with van der Waals surface area (Å²) in [5, 5.41) is 17.6. The SMILES string of the molecule is Cc1nnc(SCCCC(C)(N)C(=O)O)n1C. The summed E-state index contributed by atoms with van der Waals surface area (Å²) >= 11 is 1.56. The fourth-order valence-corrected chi connectivity index (χ4v) is 2.12. The summed E-state index contributed by atoms with van der Waals surface area (Å²) in [6.07, 6.45) is 1.18. The summed E-state index contributed by atoms with van der Waals surface area (Å²) in [5.74, 6) is 0.685. The Hall–Kier alpha value is -1.08. The van der Waals surface area contributed by atoms with Gasteiger partial charge in [0.2, 0.25) is 0 Å². The first-order valence-corrected chi connectivity index (χ1v) is 6.34. The van der Waals surface area contributed by atoms with E-state index in [0.29, 0.717) is 6.42 Å². The van der Waals surface area contributed by atoms with E-state index in [4.69, 9.17) is 10.8 Å². The molecule has 0 amide bonds. The molecule has 0 aliphatic rings. The third-order valence-corrected chi connectivity index (χ3v) is 3.72. The number of rotatable bonds is 6. The van der Waals surface area contributed by atoms with Crippen molar-refractivity contribution in [3.63, 3.8) is 0 Å². The van der Waals surface area contributed by atoms with Crippen LogP contribution in [0.2, 0.25) is 0 Å². The molecule has 3 N–H and O–H groups in total. The van der Waals surface area contributed by atoms with Crippen molar-refractivity contribution in [3.05, 3.63) is 5.82 Å².